The summed E-state index contributed by atoms with van der Waals surface area (Å²) in [6, 6.07) is 6.92. The number of benzene rings is 1. The minimum Gasteiger partial charge on any atom is -0.399 e. The molecule has 15 heavy (non-hydrogen) atoms. The largest absolute Gasteiger partial charge is 0.399 e. The standard InChI is InChI=1S/C11H11N3O/c1-7-6-8(2-3-9(7)12)11-13-5-4-10(15)14-11/h2-6H,12H2,1H3,(H,13,14,15). The van der Waals surface area contributed by atoms with Gasteiger partial charge in [0.15, 0.2) is 0 Å². The quantitative estimate of drug-likeness (QED) is 0.683. The lowest BCUT2D eigenvalue weighted by Crippen LogP contribution is -2.06. The van der Waals surface area contributed by atoms with Crippen LogP contribution in [0.1, 0.15) is 5.56 Å². The Labute approximate surface area is 86.8 Å². The van der Waals surface area contributed by atoms with E-state index in [0.29, 0.717) is 5.82 Å². The Morgan fingerprint density at radius 3 is 2.80 bits per heavy atom. The zero-order chi connectivity index (χ0) is 10.8. The van der Waals surface area contributed by atoms with Crippen LogP contribution < -0.4 is 11.3 Å². The zero-order valence-corrected chi connectivity index (χ0v) is 8.32. The highest BCUT2D eigenvalue weighted by atomic mass is 16.1. The second-order valence-electron chi connectivity index (χ2n) is 3.35. The molecule has 0 fully saturated rings. The minimum atomic E-state index is -0.158. The molecule has 1 aromatic carbocycles. The van der Waals surface area contributed by atoms with Gasteiger partial charge in [0.25, 0.3) is 5.56 Å². The van der Waals surface area contributed by atoms with Gasteiger partial charge in [0, 0.05) is 23.5 Å². The number of aryl methyl sites for hydroxylation is 1. The fourth-order valence-electron chi connectivity index (χ4n) is 1.34. The molecular formula is C11H11N3O. The van der Waals surface area contributed by atoms with Crippen molar-refractivity contribution in [2.75, 3.05) is 5.73 Å². The summed E-state index contributed by atoms with van der Waals surface area (Å²) in [7, 11) is 0. The molecule has 1 heterocycles. The molecule has 0 aliphatic carbocycles. The maximum absolute atomic E-state index is 11.1. The monoisotopic (exact) mass is 201 g/mol. The number of aromatic nitrogens is 2. The van der Waals surface area contributed by atoms with Gasteiger partial charge >= 0.3 is 0 Å². The molecule has 2 rings (SSSR count). The molecule has 0 amide bonds. The molecule has 0 aliphatic rings. The Morgan fingerprint density at radius 2 is 2.13 bits per heavy atom. The van der Waals surface area contributed by atoms with E-state index in [1.54, 1.807) is 6.07 Å². The van der Waals surface area contributed by atoms with Crippen LogP contribution in [0, 0.1) is 6.92 Å². The molecule has 1 aromatic heterocycles. The van der Waals surface area contributed by atoms with E-state index >= 15 is 0 Å². The number of H-pyrrole nitrogens is 1. The first-order valence-corrected chi connectivity index (χ1v) is 4.58. The summed E-state index contributed by atoms with van der Waals surface area (Å²) in [4.78, 5) is 17.8. The number of hydrogen-bond acceptors (Lipinski definition) is 3. The summed E-state index contributed by atoms with van der Waals surface area (Å²) in [5.41, 5.74) is 8.11. The number of hydrogen-bond donors (Lipinski definition) is 2. The normalized spacial score (nSPS) is 10.2. The lowest BCUT2D eigenvalue weighted by Gasteiger charge is -2.03. The number of rotatable bonds is 1. The number of nitrogens with one attached hydrogen (secondary N) is 1. The van der Waals surface area contributed by atoms with E-state index in [4.69, 9.17) is 5.73 Å². The van der Waals surface area contributed by atoms with Crippen molar-refractivity contribution in [3.63, 3.8) is 0 Å². The van der Waals surface area contributed by atoms with Crippen LogP contribution in [0.4, 0.5) is 5.69 Å². The maximum atomic E-state index is 11.1. The highest BCUT2D eigenvalue weighted by Crippen LogP contribution is 2.18. The first kappa shape index (κ1) is 9.45. The Hall–Kier alpha value is -2.10. The Morgan fingerprint density at radius 1 is 1.33 bits per heavy atom. The molecule has 0 bridgehead atoms. The van der Waals surface area contributed by atoms with Gasteiger partial charge in [0.2, 0.25) is 0 Å². The van der Waals surface area contributed by atoms with Crippen molar-refractivity contribution in [3.8, 4) is 11.4 Å². The van der Waals surface area contributed by atoms with Crippen LogP contribution >= 0.6 is 0 Å². The van der Waals surface area contributed by atoms with Crippen molar-refractivity contribution in [1.82, 2.24) is 9.97 Å². The number of aromatic amines is 1. The molecule has 2 aromatic rings. The molecule has 76 valence electrons. The lowest BCUT2D eigenvalue weighted by atomic mass is 10.1. The van der Waals surface area contributed by atoms with E-state index in [2.05, 4.69) is 9.97 Å². The van der Waals surface area contributed by atoms with Crippen LogP contribution in [0.15, 0.2) is 35.3 Å². The maximum Gasteiger partial charge on any atom is 0.251 e. The minimum absolute atomic E-state index is 0.158. The first-order chi connectivity index (χ1) is 7.16. The topological polar surface area (TPSA) is 71.8 Å². The van der Waals surface area contributed by atoms with E-state index in [1.807, 2.05) is 19.1 Å². The fourth-order valence-corrected chi connectivity index (χ4v) is 1.34. The van der Waals surface area contributed by atoms with Crippen molar-refractivity contribution in [2.45, 2.75) is 6.92 Å². The molecular weight excluding hydrogens is 190 g/mol. The molecule has 4 nitrogen and oxygen atoms in total. The van der Waals surface area contributed by atoms with Gasteiger partial charge in [-0.2, -0.15) is 0 Å². The van der Waals surface area contributed by atoms with Gasteiger partial charge in [-0.3, -0.25) is 4.79 Å². The molecule has 0 spiro atoms. The van der Waals surface area contributed by atoms with E-state index < -0.39 is 0 Å². The van der Waals surface area contributed by atoms with E-state index in [1.165, 1.54) is 12.3 Å². The van der Waals surface area contributed by atoms with E-state index in [0.717, 1.165) is 16.8 Å². The van der Waals surface area contributed by atoms with Crippen molar-refractivity contribution < 1.29 is 0 Å². The Balaban J connectivity index is 2.55. The third kappa shape index (κ3) is 1.88. The second kappa shape index (κ2) is 3.57. The SMILES string of the molecule is Cc1cc(-c2nccc(=O)[nH]2)ccc1N. The highest BCUT2D eigenvalue weighted by molar-refractivity contribution is 5.61. The summed E-state index contributed by atoms with van der Waals surface area (Å²) < 4.78 is 0. The molecule has 0 saturated heterocycles. The van der Waals surface area contributed by atoms with Crippen LogP contribution in [-0.4, -0.2) is 9.97 Å². The zero-order valence-electron chi connectivity index (χ0n) is 8.32. The average molecular weight is 201 g/mol. The third-order valence-corrected chi connectivity index (χ3v) is 2.21. The first-order valence-electron chi connectivity index (χ1n) is 4.58. The smallest absolute Gasteiger partial charge is 0.251 e. The number of anilines is 1. The van der Waals surface area contributed by atoms with Gasteiger partial charge in [-0.1, -0.05) is 0 Å². The average Bonchev–Trinajstić information content (AvgIpc) is 2.22. The van der Waals surface area contributed by atoms with Gasteiger partial charge < -0.3 is 10.7 Å². The summed E-state index contributed by atoms with van der Waals surface area (Å²) in [6.45, 7) is 1.92. The van der Waals surface area contributed by atoms with Crippen molar-refractivity contribution in [1.29, 1.82) is 0 Å². The molecule has 3 N–H and O–H groups in total. The summed E-state index contributed by atoms with van der Waals surface area (Å²) in [6.07, 6.45) is 1.49. The lowest BCUT2D eigenvalue weighted by molar-refractivity contribution is 1.13. The second-order valence-corrected chi connectivity index (χ2v) is 3.35. The summed E-state index contributed by atoms with van der Waals surface area (Å²) in [5.74, 6) is 0.561. The van der Waals surface area contributed by atoms with Crippen LogP contribution in [-0.2, 0) is 0 Å². The predicted octanol–water partition coefficient (Wildman–Crippen LogP) is 1.33. The van der Waals surface area contributed by atoms with Gasteiger partial charge in [0.1, 0.15) is 5.82 Å². The van der Waals surface area contributed by atoms with Crippen LogP contribution in [0.25, 0.3) is 11.4 Å². The molecule has 0 unspecified atom stereocenters. The van der Waals surface area contributed by atoms with Crippen LogP contribution in [0.5, 0.6) is 0 Å². The van der Waals surface area contributed by atoms with Crippen molar-refractivity contribution >= 4 is 5.69 Å². The van der Waals surface area contributed by atoms with Crippen molar-refractivity contribution in [3.05, 3.63) is 46.4 Å². The molecule has 4 heteroatoms. The molecule has 0 atom stereocenters. The summed E-state index contributed by atoms with van der Waals surface area (Å²) >= 11 is 0. The van der Waals surface area contributed by atoms with Crippen LogP contribution in [0.3, 0.4) is 0 Å². The molecule has 0 saturated carbocycles. The number of nitrogen functional groups attached to an aromatic ring is 1. The number of nitrogens with zero attached hydrogens (tertiary/aromatic N) is 1. The highest BCUT2D eigenvalue weighted by Gasteiger charge is 2.01. The van der Waals surface area contributed by atoms with Gasteiger partial charge in [-0.25, -0.2) is 4.98 Å². The Kier molecular flexibility index (Phi) is 2.25. The Bertz CT molecular complexity index is 546. The van der Waals surface area contributed by atoms with E-state index in [-0.39, 0.29) is 5.56 Å². The van der Waals surface area contributed by atoms with E-state index in [9.17, 15) is 4.79 Å². The van der Waals surface area contributed by atoms with Gasteiger partial charge in [-0.15, -0.1) is 0 Å². The van der Waals surface area contributed by atoms with Crippen molar-refractivity contribution in [2.24, 2.45) is 0 Å². The third-order valence-electron chi connectivity index (χ3n) is 2.21. The molecule has 0 radical (unpaired) electrons. The molecule has 0 aliphatic heterocycles. The van der Waals surface area contributed by atoms with Crippen LogP contribution in [0.2, 0.25) is 0 Å². The van der Waals surface area contributed by atoms with Gasteiger partial charge in [-0.05, 0) is 30.7 Å². The predicted molar refractivity (Wildman–Crippen MR) is 59.4 cm³/mol. The fraction of sp³-hybridized carbons (Fsp3) is 0.0909. The van der Waals surface area contributed by atoms with Gasteiger partial charge in [0.05, 0.1) is 0 Å². The number of nitrogens with two attached hydrogens (primary N) is 1. The summed E-state index contributed by atoms with van der Waals surface area (Å²) in [5, 5.41) is 0.